The van der Waals surface area contributed by atoms with Crippen LogP contribution in [0.3, 0.4) is 0 Å². The van der Waals surface area contributed by atoms with Crippen molar-refractivity contribution < 1.29 is 9.53 Å². The van der Waals surface area contributed by atoms with Gasteiger partial charge in [0.25, 0.3) is 11.5 Å². The van der Waals surface area contributed by atoms with E-state index in [0.29, 0.717) is 23.7 Å². The molecular weight excluding hydrogens is 376 g/mol. The van der Waals surface area contributed by atoms with Crippen molar-refractivity contribution in [1.82, 2.24) is 10.3 Å². The van der Waals surface area contributed by atoms with Crippen molar-refractivity contribution in [3.8, 4) is 0 Å². The molecule has 1 aliphatic rings. The fraction of sp³-hybridized carbons (Fsp3) is 0.280. The number of nitrogens with one attached hydrogen (secondary N) is 2. The molecule has 5 heteroatoms. The normalized spacial score (nSPS) is 18.3. The maximum absolute atomic E-state index is 12.5. The monoisotopic (exact) mass is 402 g/mol. The van der Waals surface area contributed by atoms with Gasteiger partial charge in [0.15, 0.2) is 0 Å². The molecule has 154 valence electrons. The van der Waals surface area contributed by atoms with Crippen LogP contribution in [0.2, 0.25) is 0 Å². The van der Waals surface area contributed by atoms with Crippen LogP contribution in [-0.4, -0.2) is 17.5 Å². The van der Waals surface area contributed by atoms with E-state index >= 15 is 0 Å². The van der Waals surface area contributed by atoms with Gasteiger partial charge in [-0.1, -0.05) is 42.5 Å². The summed E-state index contributed by atoms with van der Waals surface area (Å²) in [5, 5.41) is 2.85. The molecule has 0 spiro atoms. The smallest absolute Gasteiger partial charge is 0.253 e. The third-order valence-corrected chi connectivity index (χ3v) is 5.73. The van der Waals surface area contributed by atoms with Gasteiger partial charge in [-0.25, -0.2) is 0 Å². The van der Waals surface area contributed by atoms with Gasteiger partial charge in [-0.3, -0.25) is 9.59 Å². The summed E-state index contributed by atoms with van der Waals surface area (Å²) in [5.74, 6) is 0.131. The Labute approximate surface area is 176 Å². The zero-order valence-corrected chi connectivity index (χ0v) is 17.3. The summed E-state index contributed by atoms with van der Waals surface area (Å²) < 4.78 is 5.99. The minimum atomic E-state index is -0.189. The zero-order chi connectivity index (χ0) is 21.1. The number of carbonyl (C=O) groups excluding carboxylic acids is 1. The first-order chi connectivity index (χ1) is 14.5. The minimum absolute atomic E-state index is 0.120. The van der Waals surface area contributed by atoms with Gasteiger partial charge in [0.2, 0.25) is 0 Å². The molecule has 30 heavy (non-hydrogen) atoms. The summed E-state index contributed by atoms with van der Waals surface area (Å²) in [6.45, 7) is 4.61. The first kappa shape index (κ1) is 20.1. The number of rotatable bonds is 5. The van der Waals surface area contributed by atoms with Crippen LogP contribution in [0, 0.1) is 13.8 Å². The van der Waals surface area contributed by atoms with Crippen LogP contribution in [-0.2, 0) is 11.3 Å². The number of pyridine rings is 1. The molecule has 4 rings (SSSR count). The van der Waals surface area contributed by atoms with Gasteiger partial charge in [-0.05, 0) is 55.2 Å². The molecule has 2 atom stereocenters. The fourth-order valence-corrected chi connectivity index (χ4v) is 4.04. The Kier molecular flexibility index (Phi) is 5.81. The quantitative estimate of drug-likeness (QED) is 0.673. The first-order valence-electron chi connectivity index (χ1n) is 10.3. The fourth-order valence-electron chi connectivity index (χ4n) is 4.04. The Balaban J connectivity index is 1.38. The van der Waals surface area contributed by atoms with Crippen LogP contribution in [0.4, 0.5) is 0 Å². The van der Waals surface area contributed by atoms with Crippen molar-refractivity contribution in [2.24, 2.45) is 0 Å². The van der Waals surface area contributed by atoms with Gasteiger partial charge in [-0.2, -0.15) is 0 Å². The molecule has 2 N–H and O–H groups in total. The third kappa shape index (κ3) is 4.36. The molecule has 2 aromatic carbocycles. The van der Waals surface area contributed by atoms with Gasteiger partial charge in [0.05, 0.1) is 12.7 Å². The predicted octanol–water partition coefficient (Wildman–Crippen LogP) is 4.17. The van der Waals surface area contributed by atoms with Gasteiger partial charge >= 0.3 is 0 Å². The Morgan fingerprint density at radius 1 is 1.07 bits per heavy atom. The van der Waals surface area contributed by atoms with E-state index in [-0.39, 0.29) is 24.1 Å². The number of carbonyl (C=O) groups is 1. The van der Waals surface area contributed by atoms with Gasteiger partial charge in [-0.15, -0.1) is 0 Å². The summed E-state index contributed by atoms with van der Waals surface area (Å²) in [7, 11) is 0. The number of aryl methyl sites for hydroxylation is 2. The summed E-state index contributed by atoms with van der Waals surface area (Å²) in [6.07, 6.45) is 1.06. The number of hydrogen-bond donors (Lipinski definition) is 2. The van der Waals surface area contributed by atoms with E-state index in [1.807, 2.05) is 62.4 Å². The van der Waals surface area contributed by atoms with Crippen LogP contribution in [0.25, 0.3) is 0 Å². The molecule has 2 heterocycles. The second-order valence-electron chi connectivity index (χ2n) is 7.91. The molecule has 0 bridgehead atoms. The minimum Gasteiger partial charge on any atom is -0.373 e. The maximum atomic E-state index is 12.5. The SMILES string of the molecule is Cc1cc(C)c(CNC(=O)c2ccc(C3COC(c4ccccc4)C3)cc2)c(=O)[nH]1. The van der Waals surface area contributed by atoms with E-state index in [9.17, 15) is 9.59 Å². The van der Waals surface area contributed by atoms with Crippen molar-refractivity contribution in [2.45, 2.75) is 38.8 Å². The zero-order valence-electron chi connectivity index (χ0n) is 17.3. The van der Waals surface area contributed by atoms with Gasteiger partial charge in [0.1, 0.15) is 0 Å². The lowest BCUT2D eigenvalue weighted by Gasteiger charge is -2.11. The standard InChI is InChI=1S/C25H26N2O3/c1-16-12-17(2)27-25(29)22(16)14-26-24(28)20-10-8-18(9-11-20)21-13-23(30-15-21)19-6-4-3-5-7-19/h3-12,21,23H,13-15H2,1-2H3,(H,26,28)(H,27,29). The number of ether oxygens (including phenoxy) is 1. The largest absolute Gasteiger partial charge is 0.373 e. The molecule has 0 saturated carbocycles. The molecule has 1 aliphatic heterocycles. The number of aromatic nitrogens is 1. The van der Waals surface area contributed by atoms with Crippen LogP contribution >= 0.6 is 0 Å². The number of amides is 1. The predicted molar refractivity (Wildman–Crippen MR) is 117 cm³/mol. The Morgan fingerprint density at radius 3 is 2.50 bits per heavy atom. The molecule has 1 amide bonds. The van der Waals surface area contributed by atoms with Crippen LogP contribution in [0.1, 0.15) is 56.7 Å². The summed E-state index contributed by atoms with van der Waals surface area (Å²) >= 11 is 0. The highest BCUT2D eigenvalue weighted by molar-refractivity contribution is 5.94. The molecule has 1 aromatic heterocycles. The number of aromatic amines is 1. The molecule has 0 aliphatic carbocycles. The van der Waals surface area contributed by atoms with E-state index < -0.39 is 0 Å². The number of H-pyrrole nitrogens is 1. The van der Waals surface area contributed by atoms with Crippen molar-refractivity contribution >= 4 is 5.91 Å². The Hall–Kier alpha value is -3.18. The van der Waals surface area contributed by atoms with Crippen molar-refractivity contribution in [2.75, 3.05) is 6.61 Å². The number of benzene rings is 2. The average molecular weight is 402 g/mol. The second kappa shape index (κ2) is 8.67. The van der Waals surface area contributed by atoms with Crippen molar-refractivity contribution in [3.05, 3.63) is 105 Å². The van der Waals surface area contributed by atoms with E-state index in [2.05, 4.69) is 22.4 Å². The van der Waals surface area contributed by atoms with E-state index in [4.69, 9.17) is 4.74 Å². The van der Waals surface area contributed by atoms with Crippen molar-refractivity contribution in [3.63, 3.8) is 0 Å². The molecular formula is C25H26N2O3. The van der Waals surface area contributed by atoms with Crippen LogP contribution in [0.5, 0.6) is 0 Å². The highest BCUT2D eigenvalue weighted by atomic mass is 16.5. The van der Waals surface area contributed by atoms with Crippen LogP contribution < -0.4 is 10.9 Å². The summed E-state index contributed by atoms with van der Waals surface area (Å²) in [5.41, 5.74) is 5.08. The first-order valence-corrected chi connectivity index (χ1v) is 10.3. The molecule has 5 nitrogen and oxygen atoms in total. The summed E-state index contributed by atoms with van der Waals surface area (Å²) in [6, 6.07) is 19.9. The second-order valence-corrected chi connectivity index (χ2v) is 7.91. The molecule has 1 fully saturated rings. The lowest BCUT2D eigenvalue weighted by atomic mass is 9.93. The topological polar surface area (TPSA) is 71.2 Å². The molecule has 3 aromatic rings. The lowest BCUT2D eigenvalue weighted by molar-refractivity contribution is 0.0950. The summed E-state index contributed by atoms with van der Waals surface area (Å²) in [4.78, 5) is 27.4. The van der Waals surface area contributed by atoms with E-state index in [1.54, 1.807) is 0 Å². The number of hydrogen-bond acceptors (Lipinski definition) is 3. The van der Waals surface area contributed by atoms with Gasteiger partial charge < -0.3 is 15.0 Å². The molecule has 2 unspecified atom stereocenters. The average Bonchev–Trinajstić information content (AvgIpc) is 3.24. The highest BCUT2D eigenvalue weighted by Crippen LogP contribution is 2.37. The lowest BCUT2D eigenvalue weighted by Crippen LogP contribution is -2.27. The van der Waals surface area contributed by atoms with Gasteiger partial charge in [0, 0.05) is 29.3 Å². The third-order valence-electron chi connectivity index (χ3n) is 5.73. The van der Waals surface area contributed by atoms with Crippen LogP contribution in [0.15, 0.2) is 65.5 Å². The Morgan fingerprint density at radius 2 is 1.80 bits per heavy atom. The molecule has 0 radical (unpaired) electrons. The van der Waals surface area contributed by atoms with Crippen molar-refractivity contribution in [1.29, 1.82) is 0 Å². The highest BCUT2D eigenvalue weighted by Gasteiger charge is 2.27. The Bertz CT molecular complexity index is 1090. The maximum Gasteiger partial charge on any atom is 0.253 e. The van der Waals surface area contributed by atoms with E-state index in [0.717, 1.165) is 17.7 Å². The van der Waals surface area contributed by atoms with E-state index in [1.165, 1.54) is 11.1 Å². The molecule has 1 saturated heterocycles.